The van der Waals surface area contributed by atoms with Crippen LogP contribution in [-0.4, -0.2) is 36.7 Å². The number of benzene rings is 1. The van der Waals surface area contributed by atoms with Gasteiger partial charge in [0.15, 0.2) is 0 Å². The first-order valence-corrected chi connectivity index (χ1v) is 8.00. The van der Waals surface area contributed by atoms with Gasteiger partial charge >= 0.3 is 0 Å². The van der Waals surface area contributed by atoms with Gasteiger partial charge in [-0.3, -0.25) is 0 Å². The van der Waals surface area contributed by atoms with E-state index in [0.29, 0.717) is 12.1 Å². The van der Waals surface area contributed by atoms with Crippen molar-refractivity contribution in [2.45, 2.75) is 51.7 Å². The second kappa shape index (κ2) is 6.04. The minimum atomic E-state index is 0.389. The van der Waals surface area contributed by atoms with Gasteiger partial charge in [-0.25, -0.2) is 0 Å². The van der Waals surface area contributed by atoms with E-state index < -0.39 is 0 Å². The van der Waals surface area contributed by atoms with Gasteiger partial charge < -0.3 is 15.0 Å². The Morgan fingerprint density at radius 2 is 2.05 bits per heavy atom. The van der Waals surface area contributed by atoms with Crippen molar-refractivity contribution >= 4 is 5.69 Å². The lowest BCUT2D eigenvalue weighted by molar-refractivity contribution is 0.0843. The standard InChI is InChI=1S/C17H26N2O/c1-13(2)19-10-7-15(8-11-19)20-16-5-6-17-14(12-16)4-3-9-18-17/h5-6,12-13,15,18H,3-4,7-11H2,1-2H3. The van der Waals surface area contributed by atoms with Crippen LogP contribution in [0, 0.1) is 0 Å². The highest BCUT2D eigenvalue weighted by Crippen LogP contribution is 2.28. The number of hydrogen-bond donors (Lipinski definition) is 1. The summed E-state index contributed by atoms with van der Waals surface area (Å²) < 4.78 is 6.20. The SMILES string of the molecule is CC(C)N1CCC(Oc2ccc3c(c2)CCCN3)CC1. The van der Waals surface area contributed by atoms with Gasteiger partial charge in [0, 0.05) is 31.4 Å². The Labute approximate surface area is 122 Å². The monoisotopic (exact) mass is 274 g/mol. The third kappa shape index (κ3) is 3.09. The van der Waals surface area contributed by atoms with Crippen LogP contribution in [0.5, 0.6) is 5.75 Å². The van der Waals surface area contributed by atoms with Crippen LogP contribution >= 0.6 is 0 Å². The number of anilines is 1. The zero-order valence-electron chi connectivity index (χ0n) is 12.7. The van der Waals surface area contributed by atoms with Gasteiger partial charge in [0.05, 0.1) is 0 Å². The van der Waals surface area contributed by atoms with Crippen molar-refractivity contribution in [2.24, 2.45) is 0 Å². The van der Waals surface area contributed by atoms with E-state index in [1.165, 1.54) is 24.1 Å². The first kappa shape index (κ1) is 13.7. The molecule has 1 N–H and O–H groups in total. The molecule has 1 fully saturated rings. The maximum absolute atomic E-state index is 6.20. The number of aryl methyl sites for hydroxylation is 1. The highest BCUT2D eigenvalue weighted by Gasteiger charge is 2.22. The van der Waals surface area contributed by atoms with Crippen molar-refractivity contribution in [3.63, 3.8) is 0 Å². The zero-order chi connectivity index (χ0) is 13.9. The molecule has 3 rings (SSSR count). The van der Waals surface area contributed by atoms with Crippen LogP contribution in [0.2, 0.25) is 0 Å². The summed E-state index contributed by atoms with van der Waals surface area (Å²) in [5.41, 5.74) is 2.70. The molecular weight excluding hydrogens is 248 g/mol. The summed E-state index contributed by atoms with van der Waals surface area (Å²) in [7, 11) is 0. The van der Waals surface area contributed by atoms with E-state index in [2.05, 4.69) is 42.3 Å². The average Bonchev–Trinajstić information content (AvgIpc) is 2.48. The van der Waals surface area contributed by atoms with Crippen LogP contribution in [0.3, 0.4) is 0 Å². The summed E-state index contributed by atoms with van der Waals surface area (Å²) in [5.74, 6) is 1.05. The summed E-state index contributed by atoms with van der Waals surface area (Å²) >= 11 is 0. The fourth-order valence-corrected chi connectivity index (χ4v) is 3.23. The molecule has 0 aromatic heterocycles. The molecule has 2 aliphatic heterocycles. The molecule has 0 amide bonds. The Morgan fingerprint density at radius 1 is 1.25 bits per heavy atom. The number of rotatable bonds is 3. The second-order valence-corrected chi connectivity index (χ2v) is 6.30. The predicted molar refractivity (Wildman–Crippen MR) is 83.6 cm³/mol. The summed E-state index contributed by atoms with van der Waals surface area (Å²) in [6, 6.07) is 7.18. The van der Waals surface area contributed by atoms with Crippen molar-refractivity contribution in [1.82, 2.24) is 4.90 Å². The molecule has 110 valence electrons. The highest BCUT2D eigenvalue weighted by molar-refractivity contribution is 5.55. The number of nitrogens with one attached hydrogen (secondary N) is 1. The predicted octanol–water partition coefficient (Wildman–Crippen LogP) is 3.30. The number of hydrogen-bond acceptors (Lipinski definition) is 3. The largest absolute Gasteiger partial charge is 0.490 e. The minimum absolute atomic E-state index is 0.389. The Morgan fingerprint density at radius 3 is 2.80 bits per heavy atom. The molecule has 1 aromatic carbocycles. The Bertz CT molecular complexity index is 450. The average molecular weight is 274 g/mol. The van der Waals surface area contributed by atoms with Crippen LogP contribution in [0.1, 0.15) is 38.7 Å². The molecule has 0 saturated carbocycles. The van der Waals surface area contributed by atoms with E-state index in [1.807, 2.05) is 0 Å². The lowest BCUT2D eigenvalue weighted by Gasteiger charge is -2.34. The molecule has 3 nitrogen and oxygen atoms in total. The number of piperidine rings is 1. The van der Waals surface area contributed by atoms with E-state index in [0.717, 1.165) is 38.2 Å². The summed E-state index contributed by atoms with van der Waals surface area (Å²) in [4.78, 5) is 2.54. The van der Waals surface area contributed by atoms with E-state index in [4.69, 9.17) is 4.74 Å². The van der Waals surface area contributed by atoms with Crippen LogP contribution in [0.15, 0.2) is 18.2 Å². The van der Waals surface area contributed by atoms with Gasteiger partial charge in [-0.15, -0.1) is 0 Å². The fraction of sp³-hybridized carbons (Fsp3) is 0.647. The van der Waals surface area contributed by atoms with Gasteiger partial charge in [-0.1, -0.05) is 0 Å². The van der Waals surface area contributed by atoms with E-state index in [9.17, 15) is 0 Å². The van der Waals surface area contributed by atoms with Gasteiger partial charge in [0.1, 0.15) is 11.9 Å². The molecule has 2 aliphatic rings. The Hall–Kier alpha value is -1.22. The van der Waals surface area contributed by atoms with Gasteiger partial charge in [0.25, 0.3) is 0 Å². The van der Waals surface area contributed by atoms with Crippen LogP contribution in [-0.2, 0) is 6.42 Å². The summed E-state index contributed by atoms with van der Waals surface area (Å²) in [6.45, 7) is 7.97. The molecule has 0 bridgehead atoms. The van der Waals surface area contributed by atoms with Crippen molar-refractivity contribution in [3.8, 4) is 5.75 Å². The van der Waals surface area contributed by atoms with E-state index in [-0.39, 0.29) is 0 Å². The zero-order valence-corrected chi connectivity index (χ0v) is 12.7. The second-order valence-electron chi connectivity index (χ2n) is 6.30. The Kier molecular flexibility index (Phi) is 4.16. The summed E-state index contributed by atoms with van der Waals surface area (Å²) in [5, 5.41) is 3.45. The maximum Gasteiger partial charge on any atom is 0.120 e. The quantitative estimate of drug-likeness (QED) is 0.915. The molecule has 0 aliphatic carbocycles. The molecule has 20 heavy (non-hydrogen) atoms. The fourth-order valence-electron chi connectivity index (χ4n) is 3.23. The lowest BCUT2D eigenvalue weighted by atomic mass is 10.0. The number of likely N-dealkylation sites (tertiary alicyclic amines) is 1. The molecule has 0 unspecified atom stereocenters. The topological polar surface area (TPSA) is 24.5 Å². The number of fused-ring (bicyclic) bond motifs is 1. The molecule has 0 spiro atoms. The van der Waals surface area contributed by atoms with E-state index >= 15 is 0 Å². The highest BCUT2D eigenvalue weighted by atomic mass is 16.5. The normalized spacial score (nSPS) is 20.6. The van der Waals surface area contributed by atoms with E-state index in [1.54, 1.807) is 0 Å². The molecule has 0 radical (unpaired) electrons. The molecule has 1 aromatic rings. The van der Waals surface area contributed by atoms with Crippen molar-refractivity contribution in [2.75, 3.05) is 25.0 Å². The molecule has 1 saturated heterocycles. The van der Waals surface area contributed by atoms with Crippen molar-refractivity contribution in [1.29, 1.82) is 0 Å². The first-order valence-electron chi connectivity index (χ1n) is 8.00. The third-order valence-electron chi connectivity index (χ3n) is 4.52. The van der Waals surface area contributed by atoms with Gasteiger partial charge in [-0.2, -0.15) is 0 Å². The molecule has 0 atom stereocenters. The first-order chi connectivity index (χ1) is 9.72. The van der Waals surface area contributed by atoms with Gasteiger partial charge in [0.2, 0.25) is 0 Å². The number of ether oxygens (including phenoxy) is 1. The van der Waals surface area contributed by atoms with Crippen molar-refractivity contribution in [3.05, 3.63) is 23.8 Å². The Balaban J connectivity index is 1.59. The number of nitrogens with zero attached hydrogens (tertiary/aromatic N) is 1. The van der Waals surface area contributed by atoms with Crippen LogP contribution in [0.4, 0.5) is 5.69 Å². The molecular formula is C17H26N2O. The third-order valence-corrected chi connectivity index (χ3v) is 4.52. The smallest absolute Gasteiger partial charge is 0.120 e. The molecule has 2 heterocycles. The summed E-state index contributed by atoms with van der Waals surface area (Å²) in [6.07, 6.45) is 5.08. The minimum Gasteiger partial charge on any atom is -0.490 e. The maximum atomic E-state index is 6.20. The van der Waals surface area contributed by atoms with Crippen LogP contribution < -0.4 is 10.1 Å². The molecule has 3 heteroatoms. The van der Waals surface area contributed by atoms with Crippen molar-refractivity contribution < 1.29 is 4.74 Å². The lowest BCUT2D eigenvalue weighted by Crippen LogP contribution is -2.41. The van der Waals surface area contributed by atoms with Crippen LogP contribution in [0.25, 0.3) is 0 Å². The van der Waals surface area contributed by atoms with Gasteiger partial charge in [-0.05, 0) is 63.3 Å².